The molecule has 0 amide bonds. The molecule has 0 aromatic heterocycles. The van der Waals surface area contributed by atoms with Gasteiger partial charge in [0.15, 0.2) is 0 Å². The summed E-state index contributed by atoms with van der Waals surface area (Å²) in [6.07, 6.45) is -0.482. The van der Waals surface area contributed by atoms with E-state index in [9.17, 15) is 26.7 Å². The zero-order chi connectivity index (χ0) is 30.1. The first kappa shape index (κ1) is 37.3. The van der Waals surface area contributed by atoms with Crippen LogP contribution in [0.15, 0.2) is 0 Å². The monoisotopic (exact) mass is 626 g/mol. The normalized spacial score (nSPS) is 11.4. The molecule has 0 aliphatic carbocycles. The Morgan fingerprint density at radius 2 is 0.707 bits per heavy atom. The van der Waals surface area contributed by atoms with E-state index in [0.717, 1.165) is 0 Å². The van der Waals surface area contributed by atoms with Gasteiger partial charge in [-0.2, -0.15) is 8.78 Å². The lowest BCUT2D eigenvalue weighted by Gasteiger charge is -2.09. The van der Waals surface area contributed by atoms with Crippen LogP contribution < -0.4 is 4.74 Å². The van der Waals surface area contributed by atoms with Gasteiger partial charge in [-0.25, -0.2) is 13.2 Å². The van der Waals surface area contributed by atoms with E-state index in [0.29, 0.717) is 85.2 Å². The van der Waals surface area contributed by atoms with Gasteiger partial charge in [-0.05, 0) is 0 Å². The maximum absolute atomic E-state index is 13.5. The molecule has 0 fully saturated rings. The molecule has 0 aliphatic heterocycles. The standard InChI is InChI=1S/C25H36ClF5O10/c26-2-4-34-6-8-36-10-12-38-14-16-40-18-17-39-15-13-37-11-9-35-7-5-33-3-1-19(32)41-25-23(30)21(28)20(27)22(29)24(25)31/h1-18H2. The molecular formula is C25H36ClF5O10. The molecule has 0 atom stereocenters. The number of esters is 1. The summed E-state index contributed by atoms with van der Waals surface area (Å²) in [6.45, 7) is 5.60. The molecule has 16 heteroatoms. The summed E-state index contributed by atoms with van der Waals surface area (Å²) in [5.41, 5.74) is 0. The average molecular weight is 627 g/mol. The van der Waals surface area contributed by atoms with Crippen molar-refractivity contribution in [3.05, 3.63) is 29.1 Å². The van der Waals surface area contributed by atoms with Crippen molar-refractivity contribution in [1.29, 1.82) is 0 Å². The Morgan fingerprint density at radius 1 is 0.439 bits per heavy atom. The number of carbonyl (C=O) groups is 1. The van der Waals surface area contributed by atoms with Crippen LogP contribution in [-0.4, -0.2) is 118 Å². The van der Waals surface area contributed by atoms with Gasteiger partial charge in [0.05, 0.1) is 112 Å². The number of halogens is 6. The molecule has 1 aromatic carbocycles. The van der Waals surface area contributed by atoms with Crippen LogP contribution in [0.4, 0.5) is 22.0 Å². The smallest absolute Gasteiger partial charge is 0.313 e. The van der Waals surface area contributed by atoms with E-state index >= 15 is 0 Å². The fourth-order valence-corrected chi connectivity index (χ4v) is 2.80. The van der Waals surface area contributed by atoms with E-state index in [4.69, 9.17) is 49.5 Å². The van der Waals surface area contributed by atoms with E-state index in [1.54, 1.807) is 0 Å². The summed E-state index contributed by atoms with van der Waals surface area (Å²) < 4.78 is 113. The Balaban J connectivity index is 1.83. The quantitative estimate of drug-likeness (QED) is 0.0276. The molecule has 0 heterocycles. The average Bonchev–Trinajstić information content (AvgIpc) is 2.97. The predicted molar refractivity (Wildman–Crippen MR) is 134 cm³/mol. The highest BCUT2D eigenvalue weighted by Gasteiger charge is 2.28. The van der Waals surface area contributed by atoms with E-state index in [-0.39, 0.29) is 26.4 Å². The lowest BCUT2D eigenvalue weighted by Crippen LogP contribution is -2.16. The fraction of sp³-hybridized carbons (Fsp3) is 0.720. The highest BCUT2D eigenvalue weighted by molar-refractivity contribution is 6.17. The first-order valence-corrected chi connectivity index (χ1v) is 13.3. The zero-order valence-corrected chi connectivity index (χ0v) is 23.3. The Kier molecular flexibility index (Phi) is 22.6. The van der Waals surface area contributed by atoms with Crippen LogP contribution in [-0.2, 0) is 42.7 Å². The Hall–Kier alpha value is -1.69. The van der Waals surface area contributed by atoms with E-state index in [1.165, 1.54) is 0 Å². The lowest BCUT2D eigenvalue weighted by atomic mass is 10.2. The number of hydrogen-bond donors (Lipinski definition) is 0. The molecule has 10 nitrogen and oxygen atoms in total. The molecule has 0 aliphatic rings. The summed E-state index contributed by atoms with van der Waals surface area (Å²) in [6, 6.07) is 0. The summed E-state index contributed by atoms with van der Waals surface area (Å²) in [5, 5.41) is 0. The van der Waals surface area contributed by atoms with Crippen LogP contribution >= 0.6 is 11.6 Å². The molecule has 1 rings (SSSR count). The molecular weight excluding hydrogens is 591 g/mol. The Labute approximate surface area is 240 Å². The Morgan fingerprint density at radius 3 is 1.02 bits per heavy atom. The largest absolute Gasteiger partial charge is 0.420 e. The zero-order valence-electron chi connectivity index (χ0n) is 22.6. The van der Waals surface area contributed by atoms with Gasteiger partial charge in [0.25, 0.3) is 0 Å². The fourth-order valence-electron chi connectivity index (χ4n) is 2.69. The third kappa shape index (κ3) is 17.8. The third-order valence-corrected chi connectivity index (χ3v) is 4.82. The van der Waals surface area contributed by atoms with Gasteiger partial charge >= 0.3 is 5.97 Å². The summed E-state index contributed by atoms with van der Waals surface area (Å²) in [4.78, 5) is 11.6. The second kappa shape index (κ2) is 24.9. The minimum absolute atomic E-state index is 0.0859. The van der Waals surface area contributed by atoms with E-state index in [2.05, 4.69) is 4.74 Å². The topological polar surface area (TPSA) is 100 Å². The highest BCUT2D eigenvalue weighted by Crippen LogP contribution is 2.29. The number of hydrogen-bond acceptors (Lipinski definition) is 10. The van der Waals surface area contributed by atoms with Crippen molar-refractivity contribution < 1.29 is 69.4 Å². The molecule has 0 unspecified atom stereocenters. The number of rotatable bonds is 27. The minimum atomic E-state index is -2.35. The summed E-state index contributed by atoms with van der Waals surface area (Å²) in [7, 11) is 0. The van der Waals surface area contributed by atoms with Crippen molar-refractivity contribution in [2.75, 3.05) is 112 Å². The first-order valence-electron chi connectivity index (χ1n) is 12.8. The van der Waals surface area contributed by atoms with E-state index in [1.807, 2.05) is 0 Å². The third-order valence-electron chi connectivity index (χ3n) is 4.66. The van der Waals surface area contributed by atoms with Gasteiger partial charge in [0.1, 0.15) is 0 Å². The SMILES string of the molecule is O=C(CCOCCOCCOCCOCCOCCOCCOCCOCCCl)Oc1c(F)c(F)c(F)c(F)c1F. The maximum Gasteiger partial charge on any atom is 0.313 e. The number of benzene rings is 1. The predicted octanol–water partition coefficient (Wildman–Crippen LogP) is 3.05. The van der Waals surface area contributed by atoms with Crippen LogP contribution in [0.1, 0.15) is 6.42 Å². The van der Waals surface area contributed by atoms with Crippen LogP contribution in [0.25, 0.3) is 0 Å². The first-order chi connectivity index (χ1) is 19.9. The summed E-state index contributed by atoms with van der Waals surface area (Å²) >= 11 is 5.48. The van der Waals surface area contributed by atoms with Gasteiger partial charge in [-0.15, -0.1) is 11.6 Å². The van der Waals surface area contributed by atoms with Gasteiger partial charge < -0.3 is 42.6 Å². The molecule has 0 saturated carbocycles. The van der Waals surface area contributed by atoms with Crippen LogP contribution in [0, 0.1) is 29.1 Å². The van der Waals surface area contributed by atoms with Gasteiger partial charge in [0, 0.05) is 5.88 Å². The van der Waals surface area contributed by atoms with Crippen molar-refractivity contribution in [2.24, 2.45) is 0 Å². The van der Waals surface area contributed by atoms with Crippen molar-refractivity contribution >= 4 is 17.6 Å². The molecule has 0 N–H and O–H groups in total. The molecule has 1 aromatic rings. The molecule has 0 saturated heterocycles. The van der Waals surface area contributed by atoms with Crippen LogP contribution in [0.5, 0.6) is 5.75 Å². The number of alkyl halides is 1. The van der Waals surface area contributed by atoms with Crippen molar-refractivity contribution in [2.45, 2.75) is 6.42 Å². The summed E-state index contributed by atoms with van der Waals surface area (Å²) in [5.74, 6) is -13.7. The molecule has 238 valence electrons. The van der Waals surface area contributed by atoms with Gasteiger partial charge in [0.2, 0.25) is 34.8 Å². The highest BCUT2D eigenvalue weighted by atomic mass is 35.5. The molecule has 0 bridgehead atoms. The van der Waals surface area contributed by atoms with Crippen LogP contribution in [0.2, 0.25) is 0 Å². The van der Waals surface area contributed by atoms with Crippen molar-refractivity contribution in [3.63, 3.8) is 0 Å². The lowest BCUT2D eigenvalue weighted by molar-refractivity contribution is -0.136. The molecule has 41 heavy (non-hydrogen) atoms. The molecule has 0 spiro atoms. The second-order valence-electron chi connectivity index (χ2n) is 7.71. The maximum atomic E-state index is 13.5. The second-order valence-corrected chi connectivity index (χ2v) is 8.09. The minimum Gasteiger partial charge on any atom is -0.420 e. The number of carbonyl (C=O) groups excluding carboxylic acids is 1. The van der Waals surface area contributed by atoms with Crippen LogP contribution in [0.3, 0.4) is 0 Å². The number of ether oxygens (including phenoxy) is 9. The van der Waals surface area contributed by atoms with Gasteiger partial charge in [-0.1, -0.05) is 0 Å². The van der Waals surface area contributed by atoms with Gasteiger partial charge in [-0.3, -0.25) is 4.79 Å². The molecule has 0 radical (unpaired) electrons. The van der Waals surface area contributed by atoms with E-state index < -0.39 is 47.2 Å². The van der Waals surface area contributed by atoms with Crippen molar-refractivity contribution in [3.8, 4) is 5.75 Å². The van der Waals surface area contributed by atoms with Crippen molar-refractivity contribution in [1.82, 2.24) is 0 Å². The Bertz CT molecular complexity index is 811.